The highest BCUT2D eigenvalue weighted by atomic mass is 32.2. The summed E-state index contributed by atoms with van der Waals surface area (Å²) in [6, 6.07) is -0.538. The fourth-order valence-corrected chi connectivity index (χ4v) is 1.37. The maximum atomic E-state index is 10.9. The van der Waals surface area contributed by atoms with Gasteiger partial charge in [0, 0.05) is 6.20 Å². The third kappa shape index (κ3) is 2.75. The number of thioether (sulfide) groups is 1. The predicted octanol–water partition coefficient (Wildman–Crippen LogP) is 0.312. The molecule has 1 heterocycles. The Kier molecular flexibility index (Phi) is 3.43. The first-order valence-corrected chi connectivity index (χ1v) is 4.69. The van der Waals surface area contributed by atoms with Crippen LogP contribution in [0.2, 0.25) is 0 Å². The van der Waals surface area contributed by atoms with Crippen LogP contribution in [0.1, 0.15) is 6.92 Å². The van der Waals surface area contributed by atoms with Crippen molar-refractivity contribution in [3.05, 3.63) is 11.6 Å². The van der Waals surface area contributed by atoms with E-state index in [1.165, 1.54) is 0 Å². The van der Waals surface area contributed by atoms with Crippen LogP contribution < -0.4 is 5.73 Å². The second kappa shape index (κ2) is 4.37. The summed E-state index contributed by atoms with van der Waals surface area (Å²) < 4.78 is 4.88. The molecule has 0 radical (unpaired) electrons. The Morgan fingerprint density at radius 1 is 1.92 bits per heavy atom. The zero-order valence-electron chi connectivity index (χ0n) is 6.90. The molecule has 0 saturated carbocycles. The molecule has 0 fully saturated rings. The van der Waals surface area contributed by atoms with Crippen LogP contribution in [-0.2, 0) is 9.53 Å². The van der Waals surface area contributed by atoms with Crippen molar-refractivity contribution in [2.75, 3.05) is 12.6 Å². The van der Waals surface area contributed by atoms with Crippen molar-refractivity contribution in [3.8, 4) is 0 Å². The predicted molar refractivity (Wildman–Crippen MR) is 48.0 cm³/mol. The number of hydrogen-bond donors (Lipinski definition) is 1. The lowest BCUT2D eigenvalue weighted by Gasteiger charge is -2.15. The highest BCUT2D eigenvalue weighted by molar-refractivity contribution is 8.02. The first kappa shape index (κ1) is 9.41. The largest absolute Gasteiger partial charge is 0.443 e. The van der Waals surface area contributed by atoms with E-state index in [9.17, 15) is 4.79 Å². The summed E-state index contributed by atoms with van der Waals surface area (Å²) in [5, 5.41) is 1.96. The summed E-state index contributed by atoms with van der Waals surface area (Å²) in [5.41, 5.74) is 5.30. The smallest absolute Gasteiger partial charge is 0.324 e. The van der Waals surface area contributed by atoms with Crippen LogP contribution in [0, 0.1) is 0 Å². The number of nitrogens with zero attached hydrogens (tertiary/aromatic N) is 1. The van der Waals surface area contributed by atoms with Crippen LogP contribution in [0.3, 0.4) is 0 Å². The molecule has 12 heavy (non-hydrogen) atoms. The molecule has 1 atom stereocenters. The van der Waals surface area contributed by atoms with Crippen molar-refractivity contribution in [2.24, 2.45) is 5.73 Å². The molecule has 0 aromatic rings. The Labute approximate surface area is 75.7 Å². The molecule has 4 nitrogen and oxygen atoms in total. The lowest BCUT2D eigenvalue weighted by Crippen LogP contribution is -2.31. The van der Waals surface area contributed by atoms with Gasteiger partial charge >= 0.3 is 5.97 Å². The highest BCUT2D eigenvalue weighted by Crippen LogP contribution is 2.14. The molecule has 5 heteroatoms. The minimum absolute atomic E-state index is 0.296. The SMILES string of the molecule is CC(N)C(=O)OCN1C=CSC1. The van der Waals surface area contributed by atoms with Crippen molar-refractivity contribution < 1.29 is 9.53 Å². The molecule has 68 valence electrons. The van der Waals surface area contributed by atoms with E-state index in [2.05, 4.69) is 0 Å². The van der Waals surface area contributed by atoms with Gasteiger partial charge in [-0.05, 0) is 12.3 Å². The standard InChI is InChI=1S/C7H12N2O2S/c1-6(8)7(10)11-4-9-2-3-12-5-9/h2-3,6H,4-5,8H2,1H3. The van der Waals surface area contributed by atoms with E-state index in [0.29, 0.717) is 6.73 Å². The number of esters is 1. The lowest BCUT2D eigenvalue weighted by molar-refractivity contribution is -0.148. The Bertz CT molecular complexity index is 194. The summed E-state index contributed by atoms with van der Waals surface area (Å²) in [4.78, 5) is 12.8. The fraction of sp³-hybridized carbons (Fsp3) is 0.571. The van der Waals surface area contributed by atoms with Gasteiger partial charge in [0.2, 0.25) is 0 Å². The maximum absolute atomic E-state index is 10.9. The minimum atomic E-state index is -0.538. The summed E-state index contributed by atoms with van der Waals surface area (Å²) in [7, 11) is 0. The molecule has 0 bridgehead atoms. The molecule has 1 rings (SSSR count). The highest BCUT2D eigenvalue weighted by Gasteiger charge is 2.11. The van der Waals surface area contributed by atoms with E-state index in [1.807, 2.05) is 16.5 Å². The first-order chi connectivity index (χ1) is 5.70. The summed E-state index contributed by atoms with van der Waals surface area (Å²) in [6.07, 6.45) is 1.89. The van der Waals surface area contributed by atoms with Crippen LogP contribution in [0.25, 0.3) is 0 Å². The molecule has 1 aliphatic heterocycles. The lowest BCUT2D eigenvalue weighted by atomic mass is 10.4. The van der Waals surface area contributed by atoms with Crippen LogP contribution in [0.5, 0.6) is 0 Å². The first-order valence-electron chi connectivity index (χ1n) is 3.64. The zero-order chi connectivity index (χ0) is 8.97. The molecule has 1 unspecified atom stereocenters. The van der Waals surface area contributed by atoms with Crippen molar-refractivity contribution >= 4 is 17.7 Å². The second-order valence-electron chi connectivity index (χ2n) is 2.55. The van der Waals surface area contributed by atoms with Gasteiger partial charge in [-0.1, -0.05) is 0 Å². The molecule has 0 spiro atoms. The average molecular weight is 188 g/mol. The monoisotopic (exact) mass is 188 g/mol. The molecule has 0 aliphatic carbocycles. The van der Waals surface area contributed by atoms with E-state index in [-0.39, 0.29) is 5.97 Å². The number of carbonyl (C=O) groups is 1. The molecular weight excluding hydrogens is 176 g/mol. The number of nitrogens with two attached hydrogens (primary N) is 1. The number of carbonyl (C=O) groups excluding carboxylic acids is 1. The van der Waals surface area contributed by atoms with Crippen molar-refractivity contribution in [1.82, 2.24) is 4.90 Å². The van der Waals surface area contributed by atoms with Gasteiger partial charge in [0.1, 0.15) is 6.04 Å². The number of ether oxygens (including phenoxy) is 1. The van der Waals surface area contributed by atoms with Crippen molar-refractivity contribution in [2.45, 2.75) is 13.0 Å². The van der Waals surface area contributed by atoms with E-state index in [4.69, 9.17) is 10.5 Å². The van der Waals surface area contributed by atoms with Gasteiger partial charge in [-0.3, -0.25) is 4.79 Å². The van der Waals surface area contributed by atoms with E-state index in [0.717, 1.165) is 5.88 Å². The second-order valence-corrected chi connectivity index (χ2v) is 3.41. The average Bonchev–Trinajstić information content (AvgIpc) is 2.51. The summed E-state index contributed by atoms with van der Waals surface area (Å²) in [5.74, 6) is 0.479. The molecule has 0 amide bonds. The third-order valence-corrected chi connectivity index (χ3v) is 2.15. The van der Waals surface area contributed by atoms with Gasteiger partial charge in [-0.15, -0.1) is 11.8 Å². The van der Waals surface area contributed by atoms with E-state index >= 15 is 0 Å². The molecular formula is C7H12N2O2S. The molecule has 0 aromatic heterocycles. The van der Waals surface area contributed by atoms with Crippen LogP contribution >= 0.6 is 11.8 Å². The number of hydrogen-bond acceptors (Lipinski definition) is 5. The normalized spacial score (nSPS) is 18.0. The maximum Gasteiger partial charge on any atom is 0.324 e. The van der Waals surface area contributed by atoms with Gasteiger partial charge in [-0.2, -0.15) is 0 Å². The Morgan fingerprint density at radius 2 is 2.67 bits per heavy atom. The van der Waals surface area contributed by atoms with Gasteiger partial charge in [0.05, 0.1) is 5.88 Å². The van der Waals surface area contributed by atoms with Crippen molar-refractivity contribution in [1.29, 1.82) is 0 Å². The molecule has 2 N–H and O–H groups in total. The van der Waals surface area contributed by atoms with Crippen LogP contribution in [-0.4, -0.2) is 29.5 Å². The van der Waals surface area contributed by atoms with Gasteiger partial charge in [0.25, 0.3) is 0 Å². The van der Waals surface area contributed by atoms with Gasteiger partial charge in [-0.25, -0.2) is 0 Å². The molecule has 0 aromatic carbocycles. The van der Waals surface area contributed by atoms with Crippen LogP contribution in [0.4, 0.5) is 0 Å². The minimum Gasteiger partial charge on any atom is -0.443 e. The van der Waals surface area contributed by atoms with E-state index < -0.39 is 6.04 Å². The summed E-state index contributed by atoms with van der Waals surface area (Å²) >= 11 is 1.67. The zero-order valence-corrected chi connectivity index (χ0v) is 7.71. The third-order valence-electron chi connectivity index (χ3n) is 1.35. The number of rotatable bonds is 3. The summed E-state index contributed by atoms with van der Waals surface area (Å²) in [6.45, 7) is 1.90. The van der Waals surface area contributed by atoms with E-state index in [1.54, 1.807) is 18.7 Å². The van der Waals surface area contributed by atoms with Gasteiger partial charge in [0.15, 0.2) is 6.73 Å². The van der Waals surface area contributed by atoms with Crippen LogP contribution in [0.15, 0.2) is 11.6 Å². The quantitative estimate of drug-likeness (QED) is 0.646. The Hall–Kier alpha value is -0.680. The molecule has 1 aliphatic rings. The Balaban J connectivity index is 2.16. The topological polar surface area (TPSA) is 55.6 Å². The molecule has 0 saturated heterocycles. The van der Waals surface area contributed by atoms with Gasteiger partial charge < -0.3 is 15.4 Å². The van der Waals surface area contributed by atoms with Crippen molar-refractivity contribution in [3.63, 3.8) is 0 Å². The fourth-order valence-electron chi connectivity index (χ4n) is 0.669. The Morgan fingerprint density at radius 3 is 3.17 bits per heavy atom.